The molecule has 33 heavy (non-hydrogen) atoms. The van der Waals surface area contributed by atoms with Crippen LogP contribution in [0.1, 0.15) is 18.9 Å². The molecule has 166 valence electrons. The van der Waals surface area contributed by atoms with Gasteiger partial charge in [-0.2, -0.15) is 5.01 Å². The number of rotatable bonds is 6. The zero-order valence-electron chi connectivity index (χ0n) is 17.7. The number of urea groups is 1. The van der Waals surface area contributed by atoms with E-state index in [9.17, 15) is 14.4 Å². The minimum atomic E-state index is -1.22. The molecule has 1 aliphatic heterocycles. The van der Waals surface area contributed by atoms with Crippen LogP contribution >= 0.6 is 11.3 Å². The van der Waals surface area contributed by atoms with Crippen LogP contribution in [0.15, 0.2) is 65.5 Å². The average Bonchev–Trinajstić information content (AvgIpc) is 3.54. The summed E-state index contributed by atoms with van der Waals surface area (Å²) in [6.07, 6.45) is 0.341. The Morgan fingerprint density at radius 2 is 1.88 bits per heavy atom. The lowest BCUT2D eigenvalue weighted by Crippen LogP contribution is -2.49. The fourth-order valence-corrected chi connectivity index (χ4v) is 4.63. The average molecular weight is 461 g/mol. The summed E-state index contributed by atoms with van der Waals surface area (Å²) in [6.45, 7) is 1.67. The number of nitrogens with one attached hydrogen (secondary N) is 2. The Morgan fingerprint density at radius 1 is 1.12 bits per heavy atom. The Kier molecular flexibility index (Phi) is 5.14. The summed E-state index contributed by atoms with van der Waals surface area (Å²) >= 11 is 1.43. The molecule has 1 saturated heterocycles. The zero-order valence-corrected chi connectivity index (χ0v) is 18.5. The molecule has 2 N–H and O–H groups in total. The number of benzene rings is 2. The minimum Gasteiger partial charge on any atom is -0.318 e. The van der Waals surface area contributed by atoms with Crippen molar-refractivity contribution in [2.45, 2.75) is 25.4 Å². The Labute approximate surface area is 193 Å². The van der Waals surface area contributed by atoms with Gasteiger partial charge in [-0.25, -0.2) is 14.8 Å². The number of fused-ring (bicyclic) bond motifs is 1. The van der Waals surface area contributed by atoms with Gasteiger partial charge in [0.25, 0.3) is 11.8 Å². The van der Waals surface area contributed by atoms with Crippen molar-refractivity contribution in [3.05, 3.63) is 71.1 Å². The van der Waals surface area contributed by atoms with Crippen LogP contribution in [0, 0.1) is 0 Å². The first-order chi connectivity index (χ1) is 16.0. The Morgan fingerprint density at radius 3 is 2.61 bits per heavy atom. The van der Waals surface area contributed by atoms with Crippen LogP contribution in [-0.4, -0.2) is 37.4 Å². The maximum absolute atomic E-state index is 13.3. The second kappa shape index (κ2) is 8.14. The predicted octanol–water partition coefficient (Wildman–Crippen LogP) is 3.05. The van der Waals surface area contributed by atoms with Crippen LogP contribution in [0.4, 0.5) is 4.79 Å². The van der Waals surface area contributed by atoms with Crippen molar-refractivity contribution in [2.24, 2.45) is 0 Å². The first kappa shape index (κ1) is 20.8. The van der Waals surface area contributed by atoms with Crippen LogP contribution in [0.2, 0.25) is 0 Å². The number of hydrazine groups is 1. The summed E-state index contributed by atoms with van der Waals surface area (Å²) < 4.78 is 1.72. The summed E-state index contributed by atoms with van der Waals surface area (Å²) in [6, 6.07) is 15.8. The van der Waals surface area contributed by atoms with E-state index in [0.717, 1.165) is 16.0 Å². The van der Waals surface area contributed by atoms with E-state index in [1.807, 2.05) is 42.6 Å². The molecule has 10 heteroatoms. The lowest BCUT2D eigenvalue weighted by molar-refractivity contribution is -0.139. The molecule has 4 aromatic rings. The fraction of sp³-hybridized carbons (Fsp3) is 0.174. The first-order valence-corrected chi connectivity index (χ1v) is 11.3. The van der Waals surface area contributed by atoms with Crippen molar-refractivity contribution < 1.29 is 14.4 Å². The molecule has 1 atom stereocenters. The van der Waals surface area contributed by atoms with Gasteiger partial charge in [0.05, 0.1) is 16.5 Å². The number of imidazole rings is 1. The van der Waals surface area contributed by atoms with Gasteiger partial charge in [-0.15, -0.1) is 11.3 Å². The van der Waals surface area contributed by atoms with Crippen LogP contribution in [0.5, 0.6) is 0 Å². The molecule has 0 unspecified atom stereocenters. The number of nitrogens with zero attached hydrogens (tertiary/aromatic N) is 4. The van der Waals surface area contributed by atoms with Gasteiger partial charge >= 0.3 is 6.03 Å². The van der Waals surface area contributed by atoms with Crippen molar-refractivity contribution >= 4 is 40.2 Å². The number of carbonyl (C=O) groups excluding carboxylic acids is 3. The van der Waals surface area contributed by atoms with Crippen molar-refractivity contribution in [2.75, 3.05) is 0 Å². The van der Waals surface area contributed by atoms with Gasteiger partial charge < -0.3 is 9.88 Å². The molecule has 5 rings (SSSR count). The number of aromatic nitrogens is 3. The standard InChI is InChI=1S/C23H20N6O3S/c1-2-23(15-8-4-3-5-9-15)21(31)29(22(32)26-23)27-19(30)12-28-18-11-7-6-10-16(18)25-20(28)17-13-33-14-24-17/h3-11,13-14H,2,12H2,1H3,(H,26,32)(H,27,30)/t23-/m0/s1. The normalized spacial score (nSPS) is 18.0. The van der Waals surface area contributed by atoms with Crippen molar-refractivity contribution in [3.63, 3.8) is 0 Å². The van der Waals surface area contributed by atoms with Gasteiger partial charge in [0.1, 0.15) is 17.8 Å². The Balaban J connectivity index is 1.42. The summed E-state index contributed by atoms with van der Waals surface area (Å²) in [4.78, 5) is 47.9. The highest BCUT2D eigenvalue weighted by molar-refractivity contribution is 7.07. The zero-order chi connectivity index (χ0) is 23.0. The Bertz CT molecular complexity index is 1350. The van der Waals surface area contributed by atoms with E-state index in [1.165, 1.54) is 11.3 Å². The van der Waals surface area contributed by atoms with Crippen LogP contribution in [0.3, 0.4) is 0 Å². The monoisotopic (exact) mass is 460 g/mol. The third-order valence-electron chi connectivity index (χ3n) is 5.74. The number of imide groups is 1. The molecular weight excluding hydrogens is 440 g/mol. The molecule has 0 saturated carbocycles. The number of hydrogen-bond acceptors (Lipinski definition) is 6. The van der Waals surface area contributed by atoms with E-state index in [1.54, 1.807) is 34.3 Å². The second-order valence-electron chi connectivity index (χ2n) is 7.61. The SMILES string of the molecule is CC[C@@]1(c2ccccc2)NC(=O)N(NC(=O)Cn2c(-c3cscn3)nc3ccccc32)C1=O. The number of thiazole rings is 1. The molecule has 0 radical (unpaired) electrons. The highest BCUT2D eigenvalue weighted by Crippen LogP contribution is 2.31. The maximum Gasteiger partial charge on any atom is 0.344 e. The van der Waals surface area contributed by atoms with E-state index in [4.69, 9.17) is 0 Å². The molecule has 2 aromatic heterocycles. The van der Waals surface area contributed by atoms with Gasteiger partial charge in [-0.1, -0.05) is 49.4 Å². The van der Waals surface area contributed by atoms with Crippen LogP contribution in [-0.2, 0) is 21.7 Å². The third kappa shape index (κ3) is 3.44. The largest absolute Gasteiger partial charge is 0.344 e. The van der Waals surface area contributed by atoms with E-state index < -0.39 is 23.4 Å². The second-order valence-corrected chi connectivity index (χ2v) is 8.33. The molecular formula is C23H20N6O3S. The molecule has 0 aliphatic carbocycles. The topological polar surface area (TPSA) is 109 Å². The molecule has 0 spiro atoms. The van der Waals surface area contributed by atoms with Gasteiger partial charge in [0.2, 0.25) is 0 Å². The van der Waals surface area contributed by atoms with Crippen molar-refractivity contribution in [1.29, 1.82) is 0 Å². The van der Waals surface area contributed by atoms with Crippen molar-refractivity contribution in [3.8, 4) is 11.5 Å². The number of amides is 4. The molecule has 1 aliphatic rings. The maximum atomic E-state index is 13.3. The quantitative estimate of drug-likeness (QED) is 0.430. The fourth-order valence-electron chi connectivity index (χ4n) is 4.10. The molecule has 3 heterocycles. The van der Waals surface area contributed by atoms with Gasteiger partial charge in [-0.3, -0.25) is 15.0 Å². The summed E-state index contributed by atoms with van der Waals surface area (Å²) in [5.41, 5.74) is 5.73. The van der Waals surface area contributed by atoms with Gasteiger partial charge in [0, 0.05) is 5.38 Å². The molecule has 2 aromatic carbocycles. The third-order valence-corrected chi connectivity index (χ3v) is 6.33. The van der Waals surface area contributed by atoms with Crippen LogP contribution in [0.25, 0.3) is 22.6 Å². The minimum absolute atomic E-state index is 0.144. The number of carbonyl (C=O) groups is 3. The van der Waals surface area contributed by atoms with E-state index in [-0.39, 0.29) is 6.54 Å². The first-order valence-electron chi connectivity index (χ1n) is 10.4. The van der Waals surface area contributed by atoms with Crippen molar-refractivity contribution in [1.82, 2.24) is 30.3 Å². The lowest BCUT2D eigenvalue weighted by atomic mass is 9.87. The molecule has 1 fully saturated rings. The Hall–Kier alpha value is -4.05. The summed E-state index contributed by atoms with van der Waals surface area (Å²) in [5, 5.41) is 5.37. The summed E-state index contributed by atoms with van der Waals surface area (Å²) in [7, 11) is 0. The van der Waals surface area contributed by atoms with E-state index in [0.29, 0.717) is 23.5 Å². The predicted molar refractivity (Wildman–Crippen MR) is 123 cm³/mol. The number of para-hydroxylation sites is 2. The summed E-state index contributed by atoms with van der Waals surface area (Å²) in [5.74, 6) is -0.514. The molecule has 9 nitrogen and oxygen atoms in total. The molecule has 4 amide bonds. The molecule has 0 bridgehead atoms. The van der Waals surface area contributed by atoms with Crippen LogP contribution < -0.4 is 10.7 Å². The lowest BCUT2D eigenvalue weighted by Gasteiger charge is -2.25. The van der Waals surface area contributed by atoms with E-state index in [2.05, 4.69) is 20.7 Å². The highest BCUT2D eigenvalue weighted by atomic mass is 32.1. The highest BCUT2D eigenvalue weighted by Gasteiger charge is 2.52. The van der Waals surface area contributed by atoms with Gasteiger partial charge in [-0.05, 0) is 24.1 Å². The smallest absolute Gasteiger partial charge is 0.318 e. The number of hydrogen-bond donors (Lipinski definition) is 2. The van der Waals surface area contributed by atoms with E-state index >= 15 is 0 Å². The van der Waals surface area contributed by atoms with Gasteiger partial charge in [0.15, 0.2) is 5.82 Å².